The van der Waals surface area contributed by atoms with Crippen molar-refractivity contribution >= 4 is 50.6 Å². The van der Waals surface area contributed by atoms with Crippen LogP contribution in [0, 0.1) is 13.8 Å². The Morgan fingerprint density at radius 3 is 2.54 bits per heavy atom. The van der Waals surface area contributed by atoms with Crippen molar-refractivity contribution in [3.8, 4) is 0 Å². The van der Waals surface area contributed by atoms with Crippen LogP contribution in [0.4, 0.5) is 11.5 Å². The number of carbonyl (C=O) groups excluding carboxylic acids is 1. The number of esters is 1. The summed E-state index contributed by atoms with van der Waals surface area (Å²) in [4.78, 5) is 26.8. The molecule has 3 heterocycles. The summed E-state index contributed by atoms with van der Waals surface area (Å²) in [6.45, 7) is 7.43. The number of thiophene rings is 1. The fourth-order valence-corrected chi connectivity index (χ4v) is 4.92. The summed E-state index contributed by atoms with van der Waals surface area (Å²) in [5.41, 5.74) is 3.35. The highest BCUT2D eigenvalue weighted by molar-refractivity contribution is 7.20. The SMILES string of the molecule is COC(=O)c1sc2nc(Cl)nc(N3CCN(c4cccc(C)c4)CC3)c2c1C. The number of aryl methyl sites for hydroxylation is 2. The first kappa shape index (κ1) is 19.0. The van der Waals surface area contributed by atoms with Crippen molar-refractivity contribution < 1.29 is 9.53 Å². The standard InChI is InChI=1S/C20H21ClN4O2S/c1-12-5-4-6-14(11-12)24-7-9-25(10-8-24)17-15-13(2)16(19(26)27-3)28-18(15)23-20(21)22-17/h4-6,11H,7-10H2,1-3H3. The topological polar surface area (TPSA) is 58.6 Å². The number of hydrogen-bond acceptors (Lipinski definition) is 7. The van der Waals surface area contributed by atoms with Gasteiger partial charge in [0.25, 0.3) is 0 Å². The minimum atomic E-state index is -0.355. The molecule has 1 fully saturated rings. The zero-order valence-electron chi connectivity index (χ0n) is 16.0. The van der Waals surface area contributed by atoms with E-state index in [1.54, 1.807) is 0 Å². The molecular formula is C20H21ClN4O2S. The number of hydrogen-bond donors (Lipinski definition) is 0. The summed E-state index contributed by atoms with van der Waals surface area (Å²) in [7, 11) is 1.39. The number of carbonyl (C=O) groups is 1. The van der Waals surface area contributed by atoms with Crippen molar-refractivity contribution in [1.29, 1.82) is 0 Å². The van der Waals surface area contributed by atoms with Gasteiger partial charge in [0.2, 0.25) is 5.28 Å². The Kier molecular flexibility index (Phi) is 5.12. The van der Waals surface area contributed by atoms with Crippen molar-refractivity contribution in [2.75, 3.05) is 43.1 Å². The Balaban J connectivity index is 1.65. The molecule has 2 aromatic heterocycles. The maximum atomic E-state index is 12.1. The van der Waals surface area contributed by atoms with E-state index in [4.69, 9.17) is 16.3 Å². The number of methoxy groups -OCH3 is 1. The van der Waals surface area contributed by atoms with Crippen molar-refractivity contribution in [2.45, 2.75) is 13.8 Å². The fourth-order valence-electron chi connectivity index (χ4n) is 3.61. The maximum absolute atomic E-state index is 12.1. The van der Waals surface area contributed by atoms with Gasteiger partial charge in [0.1, 0.15) is 15.5 Å². The van der Waals surface area contributed by atoms with E-state index in [0.717, 1.165) is 42.9 Å². The van der Waals surface area contributed by atoms with Crippen LogP contribution in [-0.4, -0.2) is 49.2 Å². The van der Waals surface area contributed by atoms with Gasteiger partial charge in [-0.25, -0.2) is 9.78 Å². The summed E-state index contributed by atoms with van der Waals surface area (Å²) >= 11 is 7.49. The first-order chi connectivity index (χ1) is 13.5. The second-order valence-corrected chi connectivity index (χ2v) is 8.19. The molecule has 0 unspecified atom stereocenters. The lowest BCUT2D eigenvalue weighted by Gasteiger charge is -2.37. The van der Waals surface area contributed by atoms with E-state index in [2.05, 4.69) is 51.0 Å². The molecule has 0 saturated carbocycles. The molecular weight excluding hydrogens is 396 g/mol. The molecule has 0 radical (unpaired) electrons. The van der Waals surface area contributed by atoms with Crippen LogP contribution in [0.1, 0.15) is 20.8 Å². The number of piperazine rings is 1. The van der Waals surface area contributed by atoms with Crippen molar-refractivity contribution in [3.05, 3.63) is 45.6 Å². The molecule has 1 aliphatic heterocycles. The molecule has 1 aromatic carbocycles. The van der Waals surface area contributed by atoms with Crippen LogP contribution in [-0.2, 0) is 4.74 Å². The molecule has 3 aromatic rings. The van der Waals surface area contributed by atoms with E-state index in [1.807, 2.05) is 6.92 Å². The largest absolute Gasteiger partial charge is 0.465 e. The van der Waals surface area contributed by atoms with Gasteiger partial charge in [-0.1, -0.05) is 12.1 Å². The lowest BCUT2D eigenvalue weighted by Crippen LogP contribution is -2.47. The first-order valence-corrected chi connectivity index (χ1v) is 10.3. The smallest absolute Gasteiger partial charge is 0.348 e. The van der Waals surface area contributed by atoms with E-state index in [1.165, 1.54) is 29.7 Å². The maximum Gasteiger partial charge on any atom is 0.348 e. The number of rotatable bonds is 3. The van der Waals surface area contributed by atoms with Crippen LogP contribution in [0.25, 0.3) is 10.2 Å². The molecule has 4 rings (SSSR count). The van der Waals surface area contributed by atoms with Gasteiger partial charge < -0.3 is 14.5 Å². The van der Waals surface area contributed by atoms with Crippen molar-refractivity contribution in [1.82, 2.24) is 9.97 Å². The van der Waals surface area contributed by atoms with Crippen molar-refractivity contribution in [3.63, 3.8) is 0 Å². The van der Waals surface area contributed by atoms with E-state index >= 15 is 0 Å². The number of anilines is 2. The quantitative estimate of drug-likeness (QED) is 0.473. The molecule has 0 amide bonds. The molecule has 8 heteroatoms. The third kappa shape index (κ3) is 3.40. The number of aromatic nitrogens is 2. The number of benzene rings is 1. The van der Waals surface area contributed by atoms with E-state index < -0.39 is 0 Å². The van der Waals surface area contributed by atoms with Gasteiger partial charge in [0, 0.05) is 31.9 Å². The monoisotopic (exact) mass is 416 g/mol. The lowest BCUT2D eigenvalue weighted by molar-refractivity contribution is 0.0605. The Morgan fingerprint density at radius 1 is 1.14 bits per heavy atom. The van der Waals surface area contributed by atoms with Gasteiger partial charge >= 0.3 is 5.97 Å². The molecule has 0 atom stereocenters. The molecule has 0 aliphatic carbocycles. The van der Waals surface area contributed by atoms with Crippen LogP contribution in [0.2, 0.25) is 5.28 Å². The third-order valence-corrected chi connectivity index (χ3v) is 6.40. The van der Waals surface area contributed by atoms with E-state index in [-0.39, 0.29) is 11.3 Å². The molecule has 1 aliphatic rings. The van der Waals surface area contributed by atoms with Crippen LogP contribution in [0.5, 0.6) is 0 Å². The summed E-state index contributed by atoms with van der Waals surface area (Å²) in [5, 5.41) is 1.08. The van der Waals surface area contributed by atoms with Crippen LogP contribution < -0.4 is 9.80 Å². The summed E-state index contributed by atoms with van der Waals surface area (Å²) in [6.07, 6.45) is 0. The predicted molar refractivity (Wildman–Crippen MR) is 114 cm³/mol. The second kappa shape index (κ2) is 7.56. The summed E-state index contributed by atoms with van der Waals surface area (Å²) in [5.74, 6) is 0.439. The van der Waals surface area contributed by atoms with Gasteiger partial charge in [-0.2, -0.15) is 4.98 Å². The summed E-state index contributed by atoms with van der Waals surface area (Å²) in [6, 6.07) is 8.56. The first-order valence-electron chi connectivity index (χ1n) is 9.09. The number of nitrogens with zero attached hydrogens (tertiary/aromatic N) is 4. The highest BCUT2D eigenvalue weighted by Crippen LogP contribution is 2.37. The van der Waals surface area contributed by atoms with Crippen LogP contribution >= 0.6 is 22.9 Å². The van der Waals surface area contributed by atoms with Gasteiger partial charge in [-0.3, -0.25) is 0 Å². The molecule has 6 nitrogen and oxygen atoms in total. The highest BCUT2D eigenvalue weighted by atomic mass is 35.5. The molecule has 0 bridgehead atoms. The van der Waals surface area contributed by atoms with Gasteiger partial charge in [0.05, 0.1) is 12.5 Å². The Morgan fingerprint density at radius 2 is 1.86 bits per heavy atom. The minimum Gasteiger partial charge on any atom is -0.465 e. The molecule has 146 valence electrons. The molecule has 0 spiro atoms. The van der Waals surface area contributed by atoms with E-state index in [0.29, 0.717) is 9.71 Å². The third-order valence-electron chi connectivity index (χ3n) is 5.06. The van der Waals surface area contributed by atoms with Gasteiger partial charge in [-0.05, 0) is 48.7 Å². The lowest BCUT2D eigenvalue weighted by atomic mass is 10.1. The van der Waals surface area contributed by atoms with E-state index in [9.17, 15) is 4.79 Å². The Labute approximate surface area is 172 Å². The zero-order valence-corrected chi connectivity index (χ0v) is 17.6. The Bertz CT molecular complexity index is 1040. The molecule has 0 N–H and O–H groups in total. The van der Waals surface area contributed by atoms with Gasteiger partial charge in [-0.15, -0.1) is 11.3 Å². The highest BCUT2D eigenvalue weighted by Gasteiger charge is 2.25. The molecule has 1 saturated heterocycles. The average molecular weight is 417 g/mol. The molecule has 28 heavy (non-hydrogen) atoms. The minimum absolute atomic E-state index is 0.196. The fraction of sp³-hybridized carbons (Fsp3) is 0.350. The average Bonchev–Trinajstić information content (AvgIpc) is 3.03. The van der Waals surface area contributed by atoms with Gasteiger partial charge in [0.15, 0.2) is 0 Å². The number of ether oxygens (including phenoxy) is 1. The predicted octanol–water partition coefficient (Wildman–Crippen LogP) is 4.07. The zero-order chi connectivity index (χ0) is 19.8. The Hall–Kier alpha value is -2.38. The second-order valence-electron chi connectivity index (χ2n) is 6.86. The number of fused-ring (bicyclic) bond motifs is 1. The van der Waals surface area contributed by atoms with Crippen LogP contribution in [0.3, 0.4) is 0 Å². The summed E-state index contributed by atoms with van der Waals surface area (Å²) < 4.78 is 4.90. The van der Waals surface area contributed by atoms with Crippen molar-refractivity contribution in [2.24, 2.45) is 0 Å². The van der Waals surface area contributed by atoms with Crippen LogP contribution in [0.15, 0.2) is 24.3 Å². The number of halogens is 1. The normalized spacial score (nSPS) is 14.6.